The molecule has 1 rings (SSSR count). The van der Waals surface area contributed by atoms with Crippen LogP contribution in [0.25, 0.3) is 0 Å². The highest BCUT2D eigenvalue weighted by atomic mass is 16.1. The molecule has 0 bridgehead atoms. The standard InChI is InChI=1S/C13H25N3O/c1-9(2)11(17)16-12(14-5)13(4)6-7-15-8-10(13)3/h9-10,15H,6-8H2,1-5H3,(H,14,16,17). The second-order valence-electron chi connectivity index (χ2n) is 5.49. The van der Waals surface area contributed by atoms with E-state index in [1.807, 2.05) is 13.8 Å². The zero-order valence-corrected chi connectivity index (χ0v) is 11.6. The van der Waals surface area contributed by atoms with E-state index in [9.17, 15) is 4.79 Å². The molecule has 0 radical (unpaired) electrons. The maximum absolute atomic E-state index is 11.8. The molecule has 0 aromatic heterocycles. The fourth-order valence-corrected chi connectivity index (χ4v) is 2.21. The molecule has 17 heavy (non-hydrogen) atoms. The minimum Gasteiger partial charge on any atom is -0.316 e. The van der Waals surface area contributed by atoms with Gasteiger partial charge in [-0.1, -0.05) is 27.7 Å². The first-order valence-electron chi connectivity index (χ1n) is 6.40. The summed E-state index contributed by atoms with van der Waals surface area (Å²) in [5.41, 5.74) is -0.0233. The Labute approximate surface area is 104 Å². The van der Waals surface area contributed by atoms with E-state index in [0.717, 1.165) is 25.3 Å². The highest BCUT2D eigenvalue weighted by Crippen LogP contribution is 2.34. The normalized spacial score (nSPS) is 30.5. The second kappa shape index (κ2) is 5.63. The summed E-state index contributed by atoms with van der Waals surface area (Å²) in [7, 11) is 1.76. The van der Waals surface area contributed by atoms with E-state index >= 15 is 0 Å². The number of nitrogens with zero attached hydrogens (tertiary/aromatic N) is 1. The quantitative estimate of drug-likeness (QED) is 0.565. The van der Waals surface area contributed by atoms with E-state index in [-0.39, 0.29) is 17.2 Å². The smallest absolute Gasteiger partial charge is 0.227 e. The molecule has 98 valence electrons. The van der Waals surface area contributed by atoms with Gasteiger partial charge in [0.05, 0.1) is 0 Å². The van der Waals surface area contributed by atoms with Crippen molar-refractivity contribution >= 4 is 11.7 Å². The SMILES string of the molecule is C/N=C(\NC(=O)C(C)C)C1(C)CCNCC1C. The fraction of sp³-hybridized carbons (Fsp3) is 0.846. The molecule has 0 aromatic carbocycles. The molecular weight excluding hydrogens is 214 g/mol. The van der Waals surface area contributed by atoms with Crippen LogP contribution >= 0.6 is 0 Å². The van der Waals surface area contributed by atoms with Crippen molar-refractivity contribution in [3.8, 4) is 0 Å². The predicted molar refractivity (Wildman–Crippen MR) is 71.1 cm³/mol. The summed E-state index contributed by atoms with van der Waals surface area (Å²) >= 11 is 0. The van der Waals surface area contributed by atoms with Crippen LogP contribution in [0.3, 0.4) is 0 Å². The Morgan fingerprint density at radius 2 is 2.18 bits per heavy atom. The molecule has 4 nitrogen and oxygen atoms in total. The maximum Gasteiger partial charge on any atom is 0.227 e. The number of amidine groups is 1. The van der Waals surface area contributed by atoms with Gasteiger partial charge in [0.15, 0.2) is 0 Å². The number of aliphatic imine (C=N–C) groups is 1. The van der Waals surface area contributed by atoms with Gasteiger partial charge in [-0.25, -0.2) is 0 Å². The molecule has 2 unspecified atom stereocenters. The third kappa shape index (κ3) is 3.06. The van der Waals surface area contributed by atoms with E-state index in [4.69, 9.17) is 0 Å². The number of amides is 1. The number of carbonyl (C=O) groups excluding carboxylic acids is 1. The number of piperidine rings is 1. The van der Waals surface area contributed by atoms with Crippen LogP contribution in [0, 0.1) is 17.3 Å². The summed E-state index contributed by atoms with van der Waals surface area (Å²) in [5.74, 6) is 1.36. The molecule has 0 aromatic rings. The Kier molecular flexibility index (Phi) is 4.69. The van der Waals surface area contributed by atoms with Crippen molar-refractivity contribution in [1.29, 1.82) is 0 Å². The third-order valence-electron chi connectivity index (χ3n) is 3.89. The second-order valence-corrected chi connectivity index (χ2v) is 5.49. The lowest BCUT2D eigenvalue weighted by molar-refractivity contribution is -0.122. The summed E-state index contributed by atoms with van der Waals surface area (Å²) in [6.45, 7) is 10.2. The van der Waals surface area contributed by atoms with Crippen molar-refractivity contribution in [2.24, 2.45) is 22.2 Å². The average Bonchev–Trinajstić information content (AvgIpc) is 2.29. The van der Waals surface area contributed by atoms with Crippen molar-refractivity contribution in [3.63, 3.8) is 0 Å². The highest BCUT2D eigenvalue weighted by molar-refractivity contribution is 6.01. The van der Waals surface area contributed by atoms with Crippen LogP contribution in [0.5, 0.6) is 0 Å². The van der Waals surface area contributed by atoms with Gasteiger partial charge < -0.3 is 10.6 Å². The largest absolute Gasteiger partial charge is 0.316 e. The molecule has 0 aliphatic carbocycles. The molecule has 2 atom stereocenters. The Hall–Kier alpha value is -0.900. The van der Waals surface area contributed by atoms with E-state index in [1.54, 1.807) is 7.05 Å². The van der Waals surface area contributed by atoms with Crippen LogP contribution in [-0.4, -0.2) is 31.9 Å². The third-order valence-corrected chi connectivity index (χ3v) is 3.89. The number of hydrogen-bond acceptors (Lipinski definition) is 3. The van der Waals surface area contributed by atoms with Gasteiger partial charge in [0.1, 0.15) is 5.84 Å². The number of carbonyl (C=O) groups is 1. The Morgan fingerprint density at radius 3 is 2.65 bits per heavy atom. The van der Waals surface area contributed by atoms with Gasteiger partial charge in [0.2, 0.25) is 5.91 Å². The predicted octanol–water partition coefficient (Wildman–Crippen LogP) is 1.42. The topological polar surface area (TPSA) is 53.5 Å². The minimum atomic E-state index is -0.0233. The van der Waals surface area contributed by atoms with Crippen LogP contribution in [-0.2, 0) is 4.79 Å². The first kappa shape index (κ1) is 14.2. The average molecular weight is 239 g/mol. The van der Waals surface area contributed by atoms with Gasteiger partial charge in [0.25, 0.3) is 0 Å². The van der Waals surface area contributed by atoms with Crippen molar-refractivity contribution in [3.05, 3.63) is 0 Å². The van der Waals surface area contributed by atoms with E-state index < -0.39 is 0 Å². The van der Waals surface area contributed by atoms with E-state index in [1.165, 1.54) is 0 Å². The van der Waals surface area contributed by atoms with E-state index in [2.05, 4.69) is 29.5 Å². The fourth-order valence-electron chi connectivity index (χ4n) is 2.21. The van der Waals surface area contributed by atoms with Crippen molar-refractivity contribution in [2.75, 3.05) is 20.1 Å². The monoisotopic (exact) mass is 239 g/mol. The highest BCUT2D eigenvalue weighted by Gasteiger charge is 2.39. The maximum atomic E-state index is 11.8. The van der Waals surface area contributed by atoms with E-state index in [0.29, 0.717) is 5.92 Å². The van der Waals surface area contributed by atoms with Crippen LogP contribution in [0.2, 0.25) is 0 Å². The van der Waals surface area contributed by atoms with Crippen LogP contribution in [0.1, 0.15) is 34.1 Å². The summed E-state index contributed by atoms with van der Waals surface area (Å²) in [6, 6.07) is 0. The van der Waals surface area contributed by atoms with Crippen molar-refractivity contribution in [2.45, 2.75) is 34.1 Å². The van der Waals surface area contributed by atoms with Gasteiger partial charge in [0, 0.05) is 18.4 Å². The lowest BCUT2D eigenvalue weighted by atomic mass is 9.72. The van der Waals surface area contributed by atoms with Crippen LogP contribution in [0.15, 0.2) is 4.99 Å². The molecule has 0 saturated carbocycles. The molecule has 2 N–H and O–H groups in total. The summed E-state index contributed by atoms with van der Waals surface area (Å²) < 4.78 is 0. The molecule has 0 spiro atoms. The van der Waals surface area contributed by atoms with Gasteiger partial charge in [-0.05, 0) is 25.4 Å². The molecule has 1 aliphatic rings. The summed E-state index contributed by atoms with van der Waals surface area (Å²) in [4.78, 5) is 16.1. The van der Waals surface area contributed by atoms with Gasteiger partial charge in [-0.15, -0.1) is 0 Å². The Balaban J connectivity index is 2.82. The van der Waals surface area contributed by atoms with Crippen molar-refractivity contribution < 1.29 is 4.79 Å². The lowest BCUT2D eigenvalue weighted by Crippen LogP contribution is -2.53. The van der Waals surface area contributed by atoms with Crippen molar-refractivity contribution in [1.82, 2.24) is 10.6 Å². The molecule has 1 heterocycles. The zero-order valence-electron chi connectivity index (χ0n) is 11.6. The minimum absolute atomic E-state index is 0.00706. The van der Waals surface area contributed by atoms with Crippen LogP contribution < -0.4 is 10.6 Å². The first-order valence-corrected chi connectivity index (χ1v) is 6.40. The van der Waals surface area contributed by atoms with Gasteiger partial charge in [-0.3, -0.25) is 9.79 Å². The summed E-state index contributed by atoms with van der Waals surface area (Å²) in [6.07, 6.45) is 1.01. The molecule has 1 aliphatic heterocycles. The molecule has 1 fully saturated rings. The number of nitrogens with one attached hydrogen (secondary N) is 2. The summed E-state index contributed by atoms with van der Waals surface area (Å²) in [5, 5.41) is 6.37. The molecule has 1 saturated heterocycles. The Bertz CT molecular complexity index is 312. The van der Waals surface area contributed by atoms with Crippen LogP contribution in [0.4, 0.5) is 0 Å². The molecule has 4 heteroatoms. The Morgan fingerprint density at radius 1 is 1.53 bits per heavy atom. The molecule has 1 amide bonds. The first-order chi connectivity index (χ1) is 7.91. The number of rotatable bonds is 2. The molecular formula is C13H25N3O. The zero-order chi connectivity index (χ0) is 13.1. The van der Waals surface area contributed by atoms with Gasteiger partial charge in [-0.2, -0.15) is 0 Å². The number of hydrogen-bond donors (Lipinski definition) is 2. The lowest BCUT2D eigenvalue weighted by Gasteiger charge is -2.41. The van der Waals surface area contributed by atoms with Gasteiger partial charge >= 0.3 is 0 Å².